The summed E-state index contributed by atoms with van der Waals surface area (Å²) in [6.07, 6.45) is 1.70. The minimum Gasteiger partial charge on any atom is -0.383 e. The van der Waals surface area contributed by atoms with Crippen LogP contribution in [-0.2, 0) is 12.1 Å². The van der Waals surface area contributed by atoms with Crippen molar-refractivity contribution in [3.63, 3.8) is 0 Å². The number of hydrogen-bond donors (Lipinski definition) is 2. The molecule has 5 heteroatoms. The first-order valence-electron chi connectivity index (χ1n) is 7.06. The van der Waals surface area contributed by atoms with Crippen molar-refractivity contribution in [1.29, 1.82) is 0 Å². The smallest absolute Gasteiger partial charge is 0.124 e. The number of aromatic nitrogens is 1. The van der Waals surface area contributed by atoms with E-state index in [1.807, 2.05) is 23.6 Å². The predicted molar refractivity (Wildman–Crippen MR) is 87.3 cm³/mol. The first-order valence-corrected chi connectivity index (χ1v) is 7.94. The van der Waals surface area contributed by atoms with Gasteiger partial charge in [-0.25, -0.2) is 4.39 Å². The highest BCUT2D eigenvalue weighted by Gasteiger charge is 2.23. The molecule has 3 aromatic rings. The molecule has 22 heavy (non-hydrogen) atoms. The lowest BCUT2D eigenvalue weighted by atomic mass is 10.0. The Morgan fingerprint density at radius 2 is 2.18 bits per heavy atom. The topological polar surface area (TPSA) is 45.1 Å². The van der Waals surface area contributed by atoms with Crippen LogP contribution in [0.5, 0.6) is 0 Å². The molecule has 1 aromatic carbocycles. The minimum absolute atomic E-state index is 0.276. The number of fused-ring (bicyclic) bond motifs is 1. The second-order valence-electron chi connectivity index (χ2n) is 5.49. The highest BCUT2D eigenvalue weighted by Crippen LogP contribution is 2.25. The van der Waals surface area contributed by atoms with Gasteiger partial charge >= 0.3 is 0 Å². The molecule has 114 valence electrons. The molecule has 0 amide bonds. The first-order chi connectivity index (χ1) is 10.6. The van der Waals surface area contributed by atoms with E-state index in [4.69, 9.17) is 0 Å². The van der Waals surface area contributed by atoms with Gasteiger partial charge in [-0.2, -0.15) is 0 Å². The van der Waals surface area contributed by atoms with E-state index in [1.54, 1.807) is 19.2 Å². The summed E-state index contributed by atoms with van der Waals surface area (Å²) in [6.45, 7) is 2.61. The third-order valence-electron chi connectivity index (χ3n) is 3.59. The summed E-state index contributed by atoms with van der Waals surface area (Å²) in [5, 5.41) is 16.4. The van der Waals surface area contributed by atoms with E-state index in [9.17, 15) is 9.50 Å². The van der Waals surface area contributed by atoms with Gasteiger partial charge in [-0.05, 0) is 42.1 Å². The second-order valence-corrected chi connectivity index (χ2v) is 6.44. The zero-order chi connectivity index (χ0) is 15.6. The fraction of sp³-hybridized carbons (Fsp3) is 0.235. The zero-order valence-electron chi connectivity index (χ0n) is 12.2. The van der Waals surface area contributed by atoms with Crippen molar-refractivity contribution in [3.05, 3.63) is 64.2 Å². The summed E-state index contributed by atoms with van der Waals surface area (Å²) in [7, 11) is 0. The molecule has 0 bridgehead atoms. The summed E-state index contributed by atoms with van der Waals surface area (Å²) in [4.78, 5) is 5.22. The molecule has 1 atom stereocenters. The number of aliphatic hydroxyl groups is 1. The molecule has 3 rings (SSSR count). The number of thiophene rings is 1. The molecule has 0 spiro atoms. The Morgan fingerprint density at radius 1 is 1.32 bits per heavy atom. The third kappa shape index (κ3) is 3.16. The molecule has 2 aromatic heterocycles. The van der Waals surface area contributed by atoms with Gasteiger partial charge in [0.15, 0.2) is 0 Å². The van der Waals surface area contributed by atoms with Crippen LogP contribution in [0.4, 0.5) is 4.39 Å². The monoisotopic (exact) mass is 316 g/mol. The second kappa shape index (κ2) is 6.12. The number of halogens is 1. The Balaban J connectivity index is 1.75. The van der Waals surface area contributed by atoms with Crippen LogP contribution in [0.1, 0.15) is 17.4 Å². The maximum Gasteiger partial charge on any atom is 0.124 e. The van der Waals surface area contributed by atoms with E-state index in [1.165, 1.54) is 23.5 Å². The molecule has 0 saturated carbocycles. The van der Waals surface area contributed by atoms with Gasteiger partial charge in [-0.15, -0.1) is 11.3 Å². The van der Waals surface area contributed by atoms with Crippen LogP contribution >= 0.6 is 11.3 Å². The Bertz CT molecular complexity index is 771. The van der Waals surface area contributed by atoms with Crippen molar-refractivity contribution in [1.82, 2.24) is 10.3 Å². The lowest BCUT2D eigenvalue weighted by molar-refractivity contribution is 0.0605. The van der Waals surface area contributed by atoms with E-state index < -0.39 is 5.60 Å². The Hall–Kier alpha value is -1.82. The summed E-state index contributed by atoms with van der Waals surface area (Å²) in [5.74, 6) is -0.276. The highest BCUT2D eigenvalue weighted by molar-refractivity contribution is 7.10. The van der Waals surface area contributed by atoms with Crippen molar-refractivity contribution in [3.8, 4) is 0 Å². The third-order valence-corrected chi connectivity index (χ3v) is 4.71. The molecule has 2 heterocycles. The highest BCUT2D eigenvalue weighted by atomic mass is 32.1. The van der Waals surface area contributed by atoms with Gasteiger partial charge in [0.2, 0.25) is 0 Å². The Morgan fingerprint density at radius 3 is 2.95 bits per heavy atom. The molecule has 0 aliphatic rings. The molecular weight excluding hydrogens is 299 g/mol. The van der Waals surface area contributed by atoms with Gasteiger partial charge in [0.25, 0.3) is 0 Å². The van der Waals surface area contributed by atoms with Crippen LogP contribution in [-0.4, -0.2) is 16.6 Å². The number of rotatable bonds is 5. The summed E-state index contributed by atoms with van der Waals surface area (Å²) in [6, 6.07) is 10.4. The van der Waals surface area contributed by atoms with Crippen LogP contribution in [0.15, 0.2) is 48.0 Å². The van der Waals surface area contributed by atoms with Crippen molar-refractivity contribution in [2.24, 2.45) is 0 Å². The molecule has 0 aliphatic heterocycles. The number of nitrogens with one attached hydrogen (secondary N) is 1. The molecule has 2 N–H and O–H groups in total. The lowest BCUT2D eigenvalue weighted by Gasteiger charge is -2.22. The number of pyridine rings is 1. The minimum atomic E-state index is -0.940. The number of hydrogen-bond acceptors (Lipinski definition) is 4. The van der Waals surface area contributed by atoms with Gasteiger partial charge in [-0.1, -0.05) is 12.1 Å². The normalized spacial score (nSPS) is 14.1. The van der Waals surface area contributed by atoms with Crippen molar-refractivity contribution < 1.29 is 9.50 Å². The number of nitrogens with zero attached hydrogens (tertiary/aromatic N) is 1. The van der Waals surface area contributed by atoms with Gasteiger partial charge in [0, 0.05) is 29.5 Å². The van der Waals surface area contributed by atoms with Crippen molar-refractivity contribution in [2.75, 3.05) is 6.54 Å². The van der Waals surface area contributed by atoms with Gasteiger partial charge < -0.3 is 10.4 Å². The van der Waals surface area contributed by atoms with Crippen molar-refractivity contribution >= 4 is 22.2 Å². The molecule has 0 radical (unpaired) electrons. The molecule has 0 aliphatic carbocycles. The quantitative estimate of drug-likeness (QED) is 0.758. The maximum atomic E-state index is 13.7. The molecule has 1 unspecified atom stereocenters. The van der Waals surface area contributed by atoms with Gasteiger partial charge in [0.1, 0.15) is 11.4 Å². The van der Waals surface area contributed by atoms with Gasteiger partial charge in [-0.3, -0.25) is 4.98 Å². The van der Waals surface area contributed by atoms with E-state index in [2.05, 4.69) is 10.3 Å². The molecular formula is C17H17FN2OS. The van der Waals surface area contributed by atoms with Crippen molar-refractivity contribution in [2.45, 2.75) is 19.1 Å². The average molecular weight is 316 g/mol. The van der Waals surface area contributed by atoms with Crippen LogP contribution in [0.25, 0.3) is 10.9 Å². The van der Waals surface area contributed by atoms with E-state index in [0.29, 0.717) is 13.1 Å². The van der Waals surface area contributed by atoms with Crippen LogP contribution in [0.2, 0.25) is 0 Å². The summed E-state index contributed by atoms with van der Waals surface area (Å²) in [5.41, 5.74) is 0.634. The average Bonchev–Trinajstić information content (AvgIpc) is 3.02. The summed E-state index contributed by atoms with van der Waals surface area (Å²) < 4.78 is 13.7. The van der Waals surface area contributed by atoms with Crippen LogP contribution in [0.3, 0.4) is 0 Å². The Kier molecular flexibility index (Phi) is 4.20. The van der Waals surface area contributed by atoms with E-state index in [-0.39, 0.29) is 5.82 Å². The zero-order valence-corrected chi connectivity index (χ0v) is 13.0. The van der Waals surface area contributed by atoms with E-state index in [0.717, 1.165) is 21.3 Å². The SMILES string of the molecule is CC(O)(CNCc1cc(F)cc2cccnc12)c1cccs1. The fourth-order valence-corrected chi connectivity index (χ4v) is 3.26. The van der Waals surface area contributed by atoms with Crippen LogP contribution in [0, 0.1) is 5.82 Å². The van der Waals surface area contributed by atoms with Gasteiger partial charge in [0.05, 0.1) is 5.52 Å². The predicted octanol–water partition coefficient (Wildman–Crippen LogP) is 3.43. The molecule has 0 saturated heterocycles. The molecule has 0 fully saturated rings. The van der Waals surface area contributed by atoms with E-state index >= 15 is 0 Å². The first kappa shape index (κ1) is 15.1. The molecule has 3 nitrogen and oxygen atoms in total. The standard InChI is InChI=1S/C17H17FN2OS/c1-17(21,15-5-3-7-22-15)11-19-10-13-9-14(18)8-12-4-2-6-20-16(12)13/h2-9,19,21H,10-11H2,1H3. The van der Waals surface area contributed by atoms with Crippen LogP contribution < -0.4 is 5.32 Å². The largest absolute Gasteiger partial charge is 0.383 e. The Labute approximate surface area is 132 Å². The fourth-order valence-electron chi connectivity index (χ4n) is 2.48. The maximum absolute atomic E-state index is 13.7. The summed E-state index contributed by atoms with van der Waals surface area (Å²) >= 11 is 1.52. The number of benzene rings is 1. The lowest BCUT2D eigenvalue weighted by Crippen LogP contribution is -2.34.